The molecule has 0 fully saturated rings. The van der Waals surface area contributed by atoms with Crippen LogP contribution < -0.4 is 5.32 Å². The van der Waals surface area contributed by atoms with Crippen molar-refractivity contribution in [2.45, 2.75) is 6.42 Å². The van der Waals surface area contributed by atoms with E-state index in [1.165, 1.54) is 11.0 Å². The first-order chi connectivity index (χ1) is 8.02. The van der Waals surface area contributed by atoms with Crippen molar-refractivity contribution in [3.05, 3.63) is 29.8 Å². The average molecular weight is 236 g/mol. The molecule has 0 atom stereocenters. The number of benzene rings is 1. The Balaban J connectivity index is 2.58. The van der Waals surface area contributed by atoms with Crippen molar-refractivity contribution in [1.29, 1.82) is 0 Å². The van der Waals surface area contributed by atoms with Crippen LogP contribution in [0.25, 0.3) is 0 Å². The quantitative estimate of drug-likeness (QED) is 0.807. The lowest BCUT2D eigenvalue weighted by atomic mass is 10.2. The van der Waals surface area contributed by atoms with E-state index in [-0.39, 0.29) is 11.5 Å². The van der Waals surface area contributed by atoms with Crippen LogP contribution >= 0.6 is 0 Å². The van der Waals surface area contributed by atoms with Crippen LogP contribution in [0.2, 0.25) is 0 Å². The third-order valence-electron chi connectivity index (χ3n) is 2.31. The van der Waals surface area contributed by atoms with Crippen LogP contribution in [0.3, 0.4) is 0 Å². The molecule has 1 aromatic rings. The normalized spacial score (nSPS) is 9.76. The predicted molar refractivity (Wildman–Crippen MR) is 65.2 cm³/mol. The Hall–Kier alpha value is -2.04. The van der Waals surface area contributed by atoms with Gasteiger partial charge in [-0.1, -0.05) is 12.1 Å². The molecule has 2 N–H and O–H groups in total. The fourth-order valence-corrected chi connectivity index (χ4v) is 1.35. The first-order valence-electron chi connectivity index (χ1n) is 5.28. The highest BCUT2D eigenvalue weighted by Crippen LogP contribution is 2.14. The number of amides is 1. The number of carboxylic acid groups (broad SMARTS) is 1. The highest BCUT2D eigenvalue weighted by atomic mass is 16.4. The van der Waals surface area contributed by atoms with Gasteiger partial charge in [0.15, 0.2) is 0 Å². The SMILES string of the molecule is CN(C)C(=O)CCNc1ccccc1C(=O)O. The molecule has 5 nitrogen and oxygen atoms in total. The molecule has 5 heteroatoms. The summed E-state index contributed by atoms with van der Waals surface area (Å²) >= 11 is 0. The van der Waals surface area contributed by atoms with Gasteiger partial charge in [0.25, 0.3) is 0 Å². The van der Waals surface area contributed by atoms with E-state index in [2.05, 4.69) is 5.32 Å². The number of rotatable bonds is 5. The molecule has 0 saturated heterocycles. The van der Waals surface area contributed by atoms with Crippen molar-refractivity contribution in [2.24, 2.45) is 0 Å². The Kier molecular flexibility index (Phi) is 4.51. The van der Waals surface area contributed by atoms with Crippen LogP contribution in [0.1, 0.15) is 16.8 Å². The number of hydrogen-bond acceptors (Lipinski definition) is 3. The standard InChI is InChI=1S/C12H16N2O3/c1-14(2)11(15)7-8-13-10-6-4-3-5-9(10)12(16)17/h3-6,13H,7-8H2,1-2H3,(H,16,17). The molecule has 17 heavy (non-hydrogen) atoms. The Morgan fingerprint density at radius 1 is 1.29 bits per heavy atom. The molecule has 0 radical (unpaired) electrons. The molecule has 0 heterocycles. The van der Waals surface area contributed by atoms with Gasteiger partial charge in [0.2, 0.25) is 5.91 Å². The van der Waals surface area contributed by atoms with Gasteiger partial charge in [-0.3, -0.25) is 4.79 Å². The van der Waals surface area contributed by atoms with Gasteiger partial charge in [0.05, 0.1) is 5.56 Å². The summed E-state index contributed by atoms with van der Waals surface area (Å²) in [6.45, 7) is 0.418. The minimum Gasteiger partial charge on any atom is -0.478 e. The van der Waals surface area contributed by atoms with Crippen LogP contribution in [0, 0.1) is 0 Å². The van der Waals surface area contributed by atoms with E-state index in [1.807, 2.05) is 0 Å². The van der Waals surface area contributed by atoms with Crippen molar-refractivity contribution in [2.75, 3.05) is 26.0 Å². The molecule has 0 bridgehead atoms. The second-order valence-electron chi connectivity index (χ2n) is 3.82. The van der Waals surface area contributed by atoms with E-state index in [0.29, 0.717) is 18.7 Å². The van der Waals surface area contributed by atoms with E-state index >= 15 is 0 Å². The van der Waals surface area contributed by atoms with Crippen LogP contribution in [-0.2, 0) is 4.79 Å². The molecule has 1 rings (SSSR count). The summed E-state index contributed by atoms with van der Waals surface area (Å²) in [5.74, 6) is -0.975. The number of carbonyl (C=O) groups is 2. The summed E-state index contributed by atoms with van der Waals surface area (Å²) in [7, 11) is 3.38. The molecular formula is C12H16N2O3. The van der Waals surface area contributed by atoms with Crippen molar-refractivity contribution >= 4 is 17.6 Å². The summed E-state index contributed by atoms with van der Waals surface area (Å²) < 4.78 is 0. The molecule has 0 spiro atoms. The molecule has 1 aromatic carbocycles. The molecular weight excluding hydrogens is 220 g/mol. The number of hydrogen-bond donors (Lipinski definition) is 2. The molecule has 0 unspecified atom stereocenters. The molecule has 0 saturated carbocycles. The zero-order chi connectivity index (χ0) is 12.8. The van der Waals surface area contributed by atoms with Crippen LogP contribution in [-0.4, -0.2) is 42.5 Å². The van der Waals surface area contributed by atoms with Crippen LogP contribution in [0.15, 0.2) is 24.3 Å². The number of carbonyl (C=O) groups excluding carboxylic acids is 1. The zero-order valence-electron chi connectivity index (χ0n) is 9.93. The summed E-state index contributed by atoms with van der Waals surface area (Å²) in [6, 6.07) is 6.63. The average Bonchev–Trinajstić information content (AvgIpc) is 2.29. The van der Waals surface area contributed by atoms with E-state index in [0.717, 1.165) is 0 Å². The van der Waals surface area contributed by atoms with Crippen molar-refractivity contribution < 1.29 is 14.7 Å². The highest BCUT2D eigenvalue weighted by molar-refractivity contribution is 5.94. The van der Waals surface area contributed by atoms with Crippen molar-refractivity contribution in [1.82, 2.24) is 4.90 Å². The van der Waals surface area contributed by atoms with E-state index in [9.17, 15) is 9.59 Å². The van der Waals surface area contributed by atoms with E-state index in [4.69, 9.17) is 5.11 Å². The molecule has 1 amide bonds. The number of anilines is 1. The monoisotopic (exact) mass is 236 g/mol. The first-order valence-corrected chi connectivity index (χ1v) is 5.28. The molecule has 0 aromatic heterocycles. The first kappa shape index (κ1) is 13.0. The van der Waals surface area contributed by atoms with Crippen molar-refractivity contribution in [3.8, 4) is 0 Å². The molecule has 0 aliphatic heterocycles. The zero-order valence-corrected chi connectivity index (χ0v) is 9.93. The fraction of sp³-hybridized carbons (Fsp3) is 0.333. The lowest BCUT2D eigenvalue weighted by Crippen LogP contribution is -2.24. The Labute approximate surface area is 100 Å². The second-order valence-corrected chi connectivity index (χ2v) is 3.82. The van der Waals surface area contributed by atoms with Gasteiger partial charge in [-0.05, 0) is 12.1 Å². The van der Waals surface area contributed by atoms with Gasteiger partial charge < -0.3 is 15.3 Å². The summed E-state index contributed by atoms with van der Waals surface area (Å²) in [4.78, 5) is 23.7. The predicted octanol–water partition coefficient (Wildman–Crippen LogP) is 1.27. The van der Waals surface area contributed by atoms with E-state index < -0.39 is 5.97 Å². The lowest BCUT2D eigenvalue weighted by Gasteiger charge is -2.12. The maximum atomic E-state index is 11.3. The summed E-state index contributed by atoms with van der Waals surface area (Å²) in [5, 5.41) is 11.9. The van der Waals surface area contributed by atoms with Gasteiger partial charge in [0.1, 0.15) is 0 Å². The number of para-hydroxylation sites is 1. The number of carboxylic acids is 1. The summed E-state index contributed by atoms with van der Waals surface area (Å²) in [5.41, 5.74) is 0.747. The van der Waals surface area contributed by atoms with Gasteiger partial charge in [0, 0.05) is 32.7 Å². The van der Waals surface area contributed by atoms with Gasteiger partial charge >= 0.3 is 5.97 Å². The maximum Gasteiger partial charge on any atom is 0.337 e. The Morgan fingerprint density at radius 3 is 2.53 bits per heavy atom. The molecule has 0 aliphatic rings. The highest BCUT2D eigenvalue weighted by Gasteiger charge is 2.09. The number of aromatic carboxylic acids is 1. The maximum absolute atomic E-state index is 11.3. The Morgan fingerprint density at radius 2 is 1.94 bits per heavy atom. The fourth-order valence-electron chi connectivity index (χ4n) is 1.35. The third-order valence-corrected chi connectivity index (χ3v) is 2.31. The smallest absolute Gasteiger partial charge is 0.337 e. The van der Waals surface area contributed by atoms with Gasteiger partial charge in [-0.15, -0.1) is 0 Å². The Bertz CT molecular complexity index is 416. The largest absolute Gasteiger partial charge is 0.478 e. The lowest BCUT2D eigenvalue weighted by molar-refractivity contribution is -0.128. The van der Waals surface area contributed by atoms with E-state index in [1.54, 1.807) is 32.3 Å². The molecule has 0 aliphatic carbocycles. The minimum absolute atomic E-state index is 0.00491. The van der Waals surface area contributed by atoms with Crippen LogP contribution in [0.5, 0.6) is 0 Å². The molecule has 92 valence electrons. The second kappa shape index (κ2) is 5.89. The third kappa shape index (κ3) is 3.79. The minimum atomic E-state index is -0.980. The van der Waals surface area contributed by atoms with Gasteiger partial charge in [-0.25, -0.2) is 4.79 Å². The number of nitrogens with one attached hydrogen (secondary N) is 1. The summed E-state index contributed by atoms with van der Waals surface area (Å²) in [6.07, 6.45) is 0.334. The van der Waals surface area contributed by atoms with Crippen LogP contribution in [0.4, 0.5) is 5.69 Å². The topological polar surface area (TPSA) is 69.6 Å². The number of nitrogens with zero attached hydrogens (tertiary/aromatic N) is 1. The van der Waals surface area contributed by atoms with Gasteiger partial charge in [-0.2, -0.15) is 0 Å². The van der Waals surface area contributed by atoms with Crippen molar-refractivity contribution in [3.63, 3.8) is 0 Å².